The van der Waals surface area contributed by atoms with Gasteiger partial charge in [0.2, 0.25) is 0 Å². The summed E-state index contributed by atoms with van der Waals surface area (Å²) in [6.45, 7) is 32.0. The van der Waals surface area contributed by atoms with Crippen LogP contribution in [0.5, 0.6) is 0 Å². The van der Waals surface area contributed by atoms with Gasteiger partial charge in [-0.3, -0.25) is 0 Å². The van der Waals surface area contributed by atoms with E-state index in [0.29, 0.717) is 429 Å². The highest BCUT2D eigenvalue weighted by atomic mass is 32.1. The summed E-state index contributed by atoms with van der Waals surface area (Å²) in [4.78, 5) is 10.3. The van der Waals surface area contributed by atoms with Gasteiger partial charge in [-0.1, -0.05) is 44.9 Å². The minimum atomic E-state index is -1.00. The molecule has 0 aliphatic heterocycles. The topological polar surface area (TPSA) is 351 Å². The van der Waals surface area contributed by atoms with Gasteiger partial charge in [0.15, 0.2) is 0 Å². The van der Waals surface area contributed by atoms with Gasteiger partial charge >= 0.3 is 5.97 Å². The zero-order valence-corrected chi connectivity index (χ0v) is 71.7. The fourth-order valence-corrected chi connectivity index (χ4v) is 9.19. The Morgan fingerprint density at radius 3 is 0.319 bits per heavy atom. The lowest BCUT2D eigenvalue weighted by Gasteiger charge is -2.09. The molecule has 0 spiro atoms. The van der Waals surface area contributed by atoms with E-state index in [9.17, 15) is 4.79 Å². The quantitative estimate of drug-likeness (QED) is 0.0640. The first-order valence-corrected chi connectivity index (χ1v) is 42.9. The van der Waals surface area contributed by atoms with Gasteiger partial charge in [-0.15, -0.1) is 0 Å². The number of carbonyl (C=O) groups is 1. The zero-order chi connectivity index (χ0) is 82.8. The van der Waals surface area contributed by atoms with Crippen molar-refractivity contribution in [1.82, 2.24) is 0 Å². The van der Waals surface area contributed by atoms with Gasteiger partial charge in [-0.2, -0.15) is 12.6 Å². The summed E-state index contributed by atoms with van der Waals surface area (Å²) in [5, 5.41) is 8.47. The molecule has 36 nitrogen and oxygen atoms in total. The van der Waals surface area contributed by atoms with E-state index in [-0.39, 0.29) is 13.2 Å². The van der Waals surface area contributed by atoms with Crippen LogP contribution >= 0.6 is 12.6 Å². The standard InChI is InChI=1S/C79H158O36S/c80-79(81)78-115-76-75-114-74-73-113-72-71-112-70-69-111-68-67-110-66-65-109-64-63-108-62-61-107-60-59-106-58-57-105-56-55-104-54-53-103-52-51-102-50-49-101-48-47-100-46-45-99-44-43-98-42-41-97-40-39-96-38-37-95-36-35-94-34-33-93-32-31-92-30-29-91-28-27-90-26-25-89-24-23-88-22-21-87-20-19-86-18-17-85-16-15-84-14-13-83-12-11-82-10-8-6-4-2-1-3-5-7-9-77-116/h116H,1-78H2,(H,80,81). The van der Waals surface area contributed by atoms with Crippen molar-refractivity contribution in [2.75, 3.05) is 455 Å². The van der Waals surface area contributed by atoms with Crippen LogP contribution in [0.15, 0.2) is 0 Å². The SMILES string of the molecule is O=C(O)COCCOCCOCCOCCOCCOCCOCCOCCOCCOCCOCCOCCOCCOCCOCCOCCOCCOCCOCCOCCOCCOCCOCCOCCOCCOCCOCCOCCOCCOCCOCCOCCOCCOCCCCCCCCCCCS. The molecule has 0 radical (unpaired) electrons. The van der Waals surface area contributed by atoms with E-state index in [1.165, 1.54) is 51.4 Å². The van der Waals surface area contributed by atoms with E-state index >= 15 is 0 Å². The Hall–Kier alpha value is -1.54. The largest absolute Gasteiger partial charge is 0.480 e. The van der Waals surface area contributed by atoms with E-state index in [4.69, 9.17) is 166 Å². The van der Waals surface area contributed by atoms with Crippen LogP contribution < -0.4 is 0 Å². The van der Waals surface area contributed by atoms with Crippen molar-refractivity contribution >= 4 is 18.6 Å². The number of aliphatic carboxylic acids is 1. The molecule has 0 rings (SSSR count). The van der Waals surface area contributed by atoms with Gasteiger partial charge in [-0.05, 0) is 18.6 Å². The normalized spacial score (nSPS) is 11.8. The fraction of sp³-hybridized carbons (Fsp3) is 0.987. The summed E-state index contributed by atoms with van der Waals surface area (Å²) in [5.41, 5.74) is 0. The Kier molecular flexibility index (Phi) is 110. The molecule has 0 heterocycles. The number of rotatable bonds is 112. The Morgan fingerprint density at radius 1 is 0.129 bits per heavy atom. The van der Waals surface area contributed by atoms with Crippen molar-refractivity contribution in [2.24, 2.45) is 0 Å². The van der Waals surface area contributed by atoms with Gasteiger partial charge < -0.3 is 166 Å². The molecule has 0 aromatic carbocycles. The third-order valence-electron chi connectivity index (χ3n) is 14.9. The number of thiol groups is 1. The molecule has 37 heteroatoms. The summed E-state index contributed by atoms with van der Waals surface area (Å²) < 4.78 is 187. The average molecular weight is 1720 g/mol. The van der Waals surface area contributed by atoms with Crippen molar-refractivity contribution in [3.63, 3.8) is 0 Å². The Morgan fingerprint density at radius 2 is 0.216 bits per heavy atom. The van der Waals surface area contributed by atoms with Crippen LogP contribution in [-0.2, 0) is 166 Å². The van der Waals surface area contributed by atoms with Crippen LogP contribution in [0.1, 0.15) is 57.8 Å². The highest BCUT2D eigenvalue weighted by molar-refractivity contribution is 7.80. The molecule has 0 atom stereocenters. The Bertz CT molecular complexity index is 1680. The molecule has 0 amide bonds. The molecule has 0 aromatic heterocycles. The number of hydrogen-bond acceptors (Lipinski definition) is 36. The molecular weight excluding hydrogens is 1560 g/mol. The second-order valence-corrected chi connectivity index (χ2v) is 25.0. The van der Waals surface area contributed by atoms with Crippen LogP contribution in [-0.4, -0.2) is 466 Å². The van der Waals surface area contributed by atoms with Gasteiger partial charge in [0, 0.05) is 6.61 Å². The van der Waals surface area contributed by atoms with E-state index < -0.39 is 5.97 Å². The lowest BCUT2D eigenvalue weighted by molar-refractivity contribution is -0.142. The first-order valence-electron chi connectivity index (χ1n) is 42.2. The van der Waals surface area contributed by atoms with Gasteiger partial charge in [0.25, 0.3) is 0 Å². The predicted molar refractivity (Wildman–Crippen MR) is 431 cm³/mol. The van der Waals surface area contributed by atoms with Crippen molar-refractivity contribution in [1.29, 1.82) is 0 Å². The number of unbranched alkanes of at least 4 members (excludes halogenated alkanes) is 8. The molecule has 0 bridgehead atoms. The van der Waals surface area contributed by atoms with Crippen LogP contribution in [0.2, 0.25) is 0 Å². The average Bonchev–Trinajstić information content (AvgIpc) is 3.86. The van der Waals surface area contributed by atoms with E-state index in [1.807, 2.05) is 0 Å². The molecule has 0 saturated carbocycles. The molecule has 0 aromatic rings. The summed E-state index contributed by atoms with van der Waals surface area (Å²) >= 11 is 4.27. The Balaban J connectivity index is 3.10. The molecule has 116 heavy (non-hydrogen) atoms. The maximum atomic E-state index is 10.3. The third-order valence-corrected chi connectivity index (χ3v) is 15.3. The maximum Gasteiger partial charge on any atom is 0.329 e. The summed E-state index contributed by atoms with van der Waals surface area (Å²) in [6.07, 6.45) is 11.6. The Labute approximate surface area is 699 Å². The molecule has 696 valence electrons. The predicted octanol–water partition coefficient (Wildman–Crippen LogP) is 4.08. The van der Waals surface area contributed by atoms with E-state index in [0.717, 1.165) is 18.8 Å². The number of carboxylic acids is 1. The van der Waals surface area contributed by atoms with Crippen molar-refractivity contribution < 1.29 is 171 Å². The smallest absolute Gasteiger partial charge is 0.329 e. The van der Waals surface area contributed by atoms with Gasteiger partial charge in [0.05, 0.1) is 436 Å². The second-order valence-electron chi connectivity index (χ2n) is 24.6. The van der Waals surface area contributed by atoms with Crippen LogP contribution in [0.4, 0.5) is 0 Å². The first-order chi connectivity index (χ1) is 57.8. The molecule has 0 fully saturated rings. The monoisotopic (exact) mass is 1720 g/mol. The van der Waals surface area contributed by atoms with Crippen LogP contribution in [0.25, 0.3) is 0 Å². The zero-order valence-electron chi connectivity index (χ0n) is 70.8. The van der Waals surface area contributed by atoms with E-state index in [2.05, 4.69) is 12.6 Å². The van der Waals surface area contributed by atoms with E-state index in [1.54, 1.807) is 0 Å². The molecule has 0 aliphatic carbocycles. The first kappa shape index (κ1) is 114. The third kappa shape index (κ3) is 112. The van der Waals surface area contributed by atoms with Crippen molar-refractivity contribution in [3.8, 4) is 0 Å². The highest BCUT2D eigenvalue weighted by Gasteiger charge is 2.05. The lowest BCUT2D eigenvalue weighted by atomic mass is 10.1. The summed E-state index contributed by atoms with van der Waals surface area (Å²) in [7, 11) is 0. The number of carboxylic acid groups (broad SMARTS) is 1. The minimum Gasteiger partial charge on any atom is -0.480 e. The number of ether oxygens (including phenoxy) is 34. The molecule has 0 saturated heterocycles. The summed E-state index contributed by atoms with van der Waals surface area (Å²) in [6, 6.07) is 0. The molecule has 0 unspecified atom stereocenters. The van der Waals surface area contributed by atoms with Crippen LogP contribution in [0, 0.1) is 0 Å². The number of hydrogen-bond donors (Lipinski definition) is 2. The minimum absolute atomic E-state index is 0.231. The summed E-state index contributed by atoms with van der Waals surface area (Å²) in [5.74, 6) is 0.00832. The van der Waals surface area contributed by atoms with Gasteiger partial charge in [0.1, 0.15) is 6.61 Å². The van der Waals surface area contributed by atoms with Crippen molar-refractivity contribution in [3.05, 3.63) is 0 Å². The fourth-order valence-electron chi connectivity index (χ4n) is 8.97. The highest BCUT2D eigenvalue weighted by Crippen LogP contribution is 2.10. The molecular formula is C79H158O36S. The molecule has 0 aliphatic rings. The van der Waals surface area contributed by atoms with Crippen molar-refractivity contribution in [2.45, 2.75) is 57.8 Å². The molecule has 1 N–H and O–H groups in total. The van der Waals surface area contributed by atoms with Gasteiger partial charge in [-0.25, -0.2) is 4.79 Å². The second kappa shape index (κ2) is 111. The lowest BCUT2D eigenvalue weighted by Crippen LogP contribution is -2.16. The maximum absolute atomic E-state index is 10.3. The van der Waals surface area contributed by atoms with Crippen LogP contribution in [0.3, 0.4) is 0 Å².